The van der Waals surface area contributed by atoms with Crippen molar-refractivity contribution in [2.45, 2.75) is 84.7 Å². The molecule has 39 heavy (non-hydrogen) atoms. The number of amides is 2. The van der Waals surface area contributed by atoms with E-state index in [0.29, 0.717) is 45.4 Å². The Bertz CT molecular complexity index is 1070. The van der Waals surface area contributed by atoms with Crippen molar-refractivity contribution in [2.24, 2.45) is 0 Å². The van der Waals surface area contributed by atoms with Crippen molar-refractivity contribution in [3.8, 4) is 0 Å². The van der Waals surface area contributed by atoms with Crippen LogP contribution in [-0.4, -0.2) is 69.8 Å². The third kappa shape index (κ3) is 6.52. The fourth-order valence-electron chi connectivity index (χ4n) is 6.53. The van der Waals surface area contributed by atoms with Crippen LogP contribution in [0.15, 0.2) is 36.4 Å². The average Bonchev–Trinajstić information content (AvgIpc) is 2.88. The molecule has 0 radical (unpaired) electrons. The van der Waals surface area contributed by atoms with Gasteiger partial charge in [0.1, 0.15) is 26.2 Å². The summed E-state index contributed by atoms with van der Waals surface area (Å²) in [5.74, 6) is -0.322. The zero-order chi connectivity index (χ0) is 28.2. The molecule has 2 saturated heterocycles. The predicted molar refractivity (Wildman–Crippen MR) is 153 cm³/mol. The normalized spacial score (nSPS) is 27.1. The van der Waals surface area contributed by atoms with Crippen molar-refractivity contribution in [1.29, 1.82) is 0 Å². The van der Waals surface area contributed by atoms with Gasteiger partial charge < -0.3 is 10.6 Å². The van der Waals surface area contributed by atoms with Crippen LogP contribution in [0, 0.1) is 27.7 Å². The van der Waals surface area contributed by atoms with Crippen molar-refractivity contribution >= 4 is 23.2 Å². The summed E-state index contributed by atoms with van der Waals surface area (Å²) in [6.07, 6.45) is 5.24. The van der Waals surface area contributed by atoms with E-state index in [1.54, 1.807) is 0 Å². The van der Waals surface area contributed by atoms with Crippen molar-refractivity contribution in [1.82, 2.24) is 0 Å². The second kappa shape index (κ2) is 12.2. The summed E-state index contributed by atoms with van der Waals surface area (Å²) in [5.41, 5.74) is 5.61. The summed E-state index contributed by atoms with van der Waals surface area (Å²) >= 11 is 0. The summed E-state index contributed by atoms with van der Waals surface area (Å²) in [5, 5.41) is 29.5. The Morgan fingerprint density at radius 2 is 1.05 bits per heavy atom. The van der Waals surface area contributed by atoms with E-state index in [4.69, 9.17) is 0 Å². The number of benzene rings is 2. The fraction of sp³-hybridized carbons (Fsp3) is 0.548. The number of anilines is 2. The van der Waals surface area contributed by atoms with E-state index < -0.39 is 12.1 Å². The standard InChI is InChI=1S/C31H44N4O4/c1-22-12-9-13-23(2)28(22)32-30(36)26-16-5-7-18-34(26,38)20-11-21-35(39)19-8-6-17-27(35)31(37)33-29-24(3)14-10-15-25(29)4/h9-10,12-15,26-27,38-39H,5-8,11,16-21H2,1-4H3/p+2/t26-,27-,34?,35?/m0/s1. The summed E-state index contributed by atoms with van der Waals surface area (Å²) in [4.78, 5) is 26.8. The molecule has 2 aromatic carbocycles. The molecule has 2 amide bonds. The number of nitrogens with zero attached hydrogens (tertiary/aromatic N) is 2. The number of quaternary nitrogens is 2. The van der Waals surface area contributed by atoms with Crippen LogP contribution in [0.25, 0.3) is 0 Å². The van der Waals surface area contributed by atoms with E-state index in [9.17, 15) is 20.0 Å². The lowest BCUT2D eigenvalue weighted by molar-refractivity contribution is -1.13. The van der Waals surface area contributed by atoms with E-state index in [2.05, 4.69) is 10.6 Å². The highest BCUT2D eigenvalue weighted by molar-refractivity contribution is 5.96. The molecule has 4 N–H and O–H groups in total. The van der Waals surface area contributed by atoms with Gasteiger partial charge >= 0.3 is 0 Å². The molecule has 0 aliphatic carbocycles. The molecule has 4 rings (SSSR count). The Balaban J connectivity index is 1.42. The van der Waals surface area contributed by atoms with Crippen LogP contribution in [-0.2, 0) is 9.59 Å². The molecular weight excluding hydrogens is 492 g/mol. The predicted octanol–water partition coefficient (Wildman–Crippen LogP) is 5.40. The van der Waals surface area contributed by atoms with Crippen LogP contribution >= 0.6 is 0 Å². The van der Waals surface area contributed by atoms with Crippen LogP contribution in [0.3, 0.4) is 0 Å². The van der Waals surface area contributed by atoms with Gasteiger partial charge in [0.25, 0.3) is 11.8 Å². The number of nitrogens with one attached hydrogen (secondary N) is 2. The second-order valence-corrected chi connectivity index (χ2v) is 11.8. The lowest BCUT2D eigenvalue weighted by Gasteiger charge is -2.42. The molecule has 2 fully saturated rings. The van der Waals surface area contributed by atoms with E-state index in [-0.39, 0.29) is 21.1 Å². The zero-order valence-corrected chi connectivity index (χ0v) is 24.0. The number of hydroxylamine groups is 6. The molecule has 2 aliphatic heterocycles. The van der Waals surface area contributed by atoms with Crippen LogP contribution < -0.4 is 10.6 Å². The number of likely N-dealkylation sites (tertiary alicyclic amines) is 2. The monoisotopic (exact) mass is 538 g/mol. The summed E-state index contributed by atoms with van der Waals surface area (Å²) in [6, 6.07) is 10.7. The minimum Gasteiger partial charge on any atom is -0.320 e. The van der Waals surface area contributed by atoms with Crippen molar-refractivity contribution in [3.63, 3.8) is 0 Å². The Morgan fingerprint density at radius 3 is 1.41 bits per heavy atom. The molecule has 8 nitrogen and oxygen atoms in total. The highest BCUT2D eigenvalue weighted by Gasteiger charge is 2.47. The number of aryl methyl sites for hydroxylation is 4. The minimum absolute atomic E-state index is 0.161. The van der Waals surface area contributed by atoms with Crippen molar-refractivity contribution < 1.29 is 29.3 Å². The van der Waals surface area contributed by atoms with E-state index >= 15 is 0 Å². The third-order valence-electron chi connectivity index (χ3n) is 8.86. The van der Waals surface area contributed by atoms with Gasteiger partial charge in [0.15, 0.2) is 12.1 Å². The first-order valence-electron chi connectivity index (χ1n) is 14.5. The van der Waals surface area contributed by atoms with Crippen LogP contribution in [0.2, 0.25) is 0 Å². The molecule has 0 saturated carbocycles. The van der Waals surface area contributed by atoms with Crippen molar-refractivity contribution in [2.75, 3.05) is 36.8 Å². The Morgan fingerprint density at radius 1 is 0.692 bits per heavy atom. The van der Waals surface area contributed by atoms with E-state index in [1.807, 2.05) is 64.1 Å². The van der Waals surface area contributed by atoms with Crippen LogP contribution in [0.1, 0.15) is 67.2 Å². The first kappa shape index (κ1) is 29.2. The van der Waals surface area contributed by atoms with Crippen molar-refractivity contribution in [3.05, 3.63) is 58.7 Å². The maximum absolute atomic E-state index is 13.4. The lowest BCUT2D eigenvalue weighted by Crippen LogP contribution is -2.63. The molecule has 2 heterocycles. The topological polar surface area (TPSA) is 98.7 Å². The fourth-order valence-corrected chi connectivity index (χ4v) is 6.53. The summed E-state index contributed by atoms with van der Waals surface area (Å²) in [7, 11) is 0. The van der Waals surface area contributed by atoms with Gasteiger partial charge in [-0.1, -0.05) is 36.4 Å². The number of carbonyl (C=O) groups is 2. The molecule has 0 bridgehead atoms. The Kier molecular flexibility index (Phi) is 9.11. The first-order valence-corrected chi connectivity index (χ1v) is 14.5. The van der Waals surface area contributed by atoms with Gasteiger partial charge in [0.2, 0.25) is 0 Å². The first-order chi connectivity index (χ1) is 18.5. The SMILES string of the molecule is Cc1cccc(C)c1NC(=O)[C@@H]1CCCC[N+]1(O)CCC[N+]1(O)CCCC[C@H]1C(=O)Nc1c(C)cccc1C. The van der Waals surface area contributed by atoms with E-state index in [1.165, 1.54) is 0 Å². The van der Waals surface area contributed by atoms with Gasteiger partial charge in [0, 0.05) is 24.2 Å². The molecule has 2 aromatic rings. The molecule has 212 valence electrons. The quantitative estimate of drug-likeness (QED) is 0.338. The van der Waals surface area contributed by atoms with Gasteiger partial charge in [0.05, 0.1) is 6.42 Å². The molecule has 0 spiro atoms. The number of piperidine rings is 2. The summed E-state index contributed by atoms with van der Waals surface area (Å²) < 4.78 is -0.647. The highest BCUT2D eigenvalue weighted by Crippen LogP contribution is 2.30. The van der Waals surface area contributed by atoms with Crippen LogP contribution in [0.5, 0.6) is 0 Å². The molecule has 0 aromatic heterocycles. The molecular formula is C31H46N4O4+2. The smallest absolute Gasteiger partial charge is 0.285 e. The minimum atomic E-state index is -0.561. The summed E-state index contributed by atoms with van der Waals surface area (Å²) in [6.45, 7) is 9.62. The lowest BCUT2D eigenvalue weighted by atomic mass is 9.98. The molecule has 4 atom stereocenters. The number of rotatable bonds is 8. The zero-order valence-electron chi connectivity index (χ0n) is 24.0. The maximum Gasteiger partial charge on any atom is 0.285 e. The van der Waals surface area contributed by atoms with Gasteiger partial charge in [-0.15, -0.1) is 0 Å². The van der Waals surface area contributed by atoms with Crippen LogP contribution in [0.4, 0.5) is 11.4 Å². The van der Waals surface area contributed by atoms with Gasteiger partial charge in [-0.3, -0.25) is 9.59 Å². The van der Waals surface area contributed by atoms with Gasteiger partial charge in [-0.25, -0.2) is 10.4 Å². The van der Waals surface area contributed by atoms with Gasteiger partial charge in [-0.2, -0.15) is 9.29 Å². The average molecular weight is 539 g/mol. The molecule has 2 unspecified atom stereocenters. The molecule has 2 aliphatic rings. The number of para-hydroxylation sites is 2. The maximum atomic E-state index is 13.4. The highest BCUT2D eigenvalue weighted by atomic mass is 16.6. The second-order valence-electron chi connectivity index (χ2n) is 11.8. The van der Waals surface area contributed by atoms with E-state index in [0.717, 1.165) is 59.3 Å². The number of hydrogen-bond donors (Lipinski definition) is 4. The Labute approximate surface area is 232 Å². The largest absolute Gasteiger partial charge is 0.320 e. The number of carbonyl (C=O) groups excluding carboxylic acids is 2. The number of hydrogen-bond acceptors (Lipinski definition) is 4. The Hall–Kier alpha value is -2.78. The van der Waals surface area contributed by atoms with Gasteiger partial charge in [-0.05, 0) is 75.6 Å². The third-order valence-corrected chi connectivity index (χ3v) is 8.86. The molecule has 8 heteroatoms.